The largest absolute Gasteiger partial charge is 0.497 e. The molecule has 0 bridgehead atoms. The number of pyridine rings is 1. The molecule has 2 heterocycles. The summed E-state index contributed by atoms with van der Waals surface area (Å²) in [4.78, 5) is 4.75. The fraction of sp³-hybridized carbons (Fsp3) is 0.400. The molecule has 1 aliphatic heterocycles. The van der Waals surface area contributed by atoms with Crippen LogP contribution >= 0.6 is 0 Å². The molecule has 0 saturated carbocycles. The van der Waals surface area contributed by atoms with Crippen molar-refractivity contribution in [3.63, 3.8) is 0 Å². The van der Waals surface area contributed by atoms with Gasteiger partial charge >= 0.3 is 0 Å². The molecule has 4 nitrogen and oxygen atoms in total. The lowest BCUT2D eigenvalue weighted by Crippen LogP contribution is -2.22. The minimum atomic E-state index is 0.276. The molecule has 100 valence electrons. The van der Waals surface area contributed by atoms with Crippen molar-refractivity contribution in [3.05, 3.63) is 36.0 Å². The van der Waals surface area contributed by atoms with Crippen molar-refractivity contribution < 1.29 is 9.47 Å². The maximum atomic E-state index is 5.46. The molecule has 0 aliphatic carbocycles. The zero-order valence-electron chi connectivity index (χ0n) is 11.1. The van der Waals surface area contributed by atoms with Crippen LogP contribution < -0.4 is 10.1 Å². The number of nitrogens with one attached hydrogen (secondary N) is 1. The Morgan fingerprint density at radius 3 is 3.05 bits per heavy atom. The van der Waals surface area contributed by atoms with Gasteiger partial charge in [-0.3, -0.25) is 4.98 Å². The smallest absolute Gasteiger partial charge is 0.121 e. The molecule has 19 heavy (non-hydrogen) atoms. The molecule has 1 saturated heterocycles. The third kappa shape index (κ3) is 2.69. The lowest BCUT2D eigenvalue weighted by molar-refractivity contribution is 0.150. The normalized spacial score (nSPS) is 20.2. The number of ether oxygens (including phenoxy) is 2. The lowest BCUT2D eigenvalue weighted by atomic mass is 10.1. The molecule has 1 aromatic heterocycles. The highest BCUT2D eigenvalue weighted by Crippen LogP contribution is 2.23. The number of hydrogen-bond acceptors (Lipinski definition) is 4. The van der Waals surface area contributed by atoms with Crippen molar-refractivity contribution in [2.75, 3.05) is 26.9 Å². The fourth-order valence-corrected chi connectivity index (χ4v) is 2.40. The van der Waals surface area contributed by atoms with E-state index in [0.717, 1.165) is 48.5 Å². The molecule has 1 N–H and O–H groups in total. The molecular weight excluding hydrogens is 240 g/mol. The highest BCUT2D eigenvalue weighted by atomic mass is 16.5. The lowest BCUT2D eigenvalue weighted by Gasteiger charge is -2.15. The second-order valence-electron chi connectivity index (χ2n) is 4.70. The van der Waals surface area contributed by atoms with E-state index in [4.69, 9.17) is 14.5 Å². The van der Waals surface area contributed by atoms with Crippen LogP contribution in [0.1, 0.15) is 18.2 Å². The van der Waals surface area contributed by atoms with Crippen molar-refractivity contribution in [2.45, 2.75) is 12.5 Å². The van der Waals surface area contributed by atoms with Gasteiger partial charge in [0.05, 0.1) is 31.0 Å². The maximum Gasteiger partial charge on any atom is 0.121 e. The van der Waals surface area contributed by atoms with E-state index in [1.54, 1.807) is 7.11 Å². The zero-order chi connectivity index (χ0) is 13.1. The van der Waals surface area contributed by atoms with Crippen molar-refractivity contribution in [3.8, 4) is 5.75 Å². The van der Waals surface area contributed by atoms with E-state index in [-0.39, 0.29) is 6.04 Å². The van der Waals surface area contributed by atoms with Gasteiger partial charge in [0.2, 0.25) is 0 Å². The van der Waals surface area contributed by atoms with Crippen LogP contribution in [0.4, 0.5) is 0 Å². The van der Waals surface area contributed by atoms with Gasteiger partial charge in [-0.15, -0.1) is 0 Å². The van der Waals surface area contributed by atoms with Gasteiger partial charge in [-0.1, -0.05) is 6.07 Å². The highest BCUT2D eigenvalue weighted by molar-refractivity contribution is 5.80. The van der Waals surface area contributed by atoms with Gasteiger partial charge in [-0.2, -0.15) is 0 Å². The maximum absolute atomic E-state index is 5.46. The Balaban J connectivity index is 1.94. The van der Waals surface area contributed by atoms with Crippen LogP contribution in [-0.2, 0) is 4.74 Å². The van der Waals surface area contributed by atoms with Gasteiger partial charge in [-0.25, -0.2) is 0 Å². The molecule has 1 aromatic carbocycles. The number of methoxy groups -OCH3 is 1. The second kappa shape index (κ2) is 5.55. The summed E-state index contributed by atoms with van der Waals surface area (Å²) in [5, 5.41) is 4.61. The van der Waals surface area contributed by atoms with Crippen LogP contribution in [0.2, 0.25) is 0 Å². The van der Waals surface area contributed by atoms with Gasteiger partial charge in [-0.05, 0) is 24.6 Å². The van der Waals surface area contributed by atoms with Gasteiger partial charge in [0, 0.05) is 24.6 Å². The minimum absolute atomic E-state index is 0.276. The Hall–Kier alpha value is -1.65. The summed E-state index contributed by atoms with van der Waals surface area (Å²) in [6.45, 7) is 2.44. The monoisotopic (exact) mass is 258 g/mol. The molecule has 1 atom stereocenters. The molecular formula is C15H18N2O2. The Morgan fingerprint density at radius 1 is 1.26 bits per heavy atom. The number of benzene rings is 1. The van der Waals surface area contributed by atoms with Gasteiger partial charge in [0.15, 0.2) is 0 Å². The van der Waals surface area contributed by atoms with E-state index in [2.05, 4.69) is 17.4 Å². The predicted molar refractivity (Wildman–Crippen MR) is 74.5 cm³/mol. The van der Waals surface area contributed by atoms with E-state index in [1.165, 1.54) is 0 Å². The summed E-state index contributed by atoms with van der Waals surface area (Å²) < 4.78 is 10.7. The second-order valence-corrected chi connectivity index (χ2v) is 4.70. The third-order valence-corrected chi connectivity index (χ3v) is 3.47. The molecule has 2 aromatic rings. The van der Waals surface area contributed by atoms with Crippen molar-refractivity contribution in [2.24, 2.45) is 0 Å². The first-order chi connectivity index (χ1) is 9.36. The van der Waals surface area contributed by atoms with Crippen LogP contribution in [0.25, 0.3) is 10.9 Å². The van der Waals surface area contributed by atoms with Gasteiger partial charge in [0.1, 0.15) is 5.75 Å². The van der Waals surface area contributed by atoms with Crippen molar-refractivity contribution in [1.29, 1.82) is 0 Å². The first kappa shape index (κ1) is 12.4. The summed E-state index contributed by atoms with van der Waals surface area (Å²) in [6, 6.07) is 10.5. The van der Waals surface area contributed by atoms with Crippen LogP contribution in [0.5, 0.6) is 5.75 Å². The van der Waals surface area contributed by atoms with E-state index >= 15 is 0 Å². The standard InChI is InChI=1S/C15H18N2O2/c1-18-12-4-2-11-3-5-14(17-15(11)10-12)13-6-8-19-9-7-16-13/h2-5,10,13,16H,6-9H2,1H3. The number of fused-ring (bicyclic) bond motifs is 1. The van der Waals surface area contributed by atoms with Crippen LogP contribution in [-0.4, -0.2) is 31.9 Å². The van der Waals surface area contributed by atoms with Gasteiger partial charge in [0.25, 0.3) is 0 Å². The summed E-state index contributed by atoms with van der Waals surface area (Å²) in [5.41, 5.74) is 2.05. The Kier molecular flexibility index (Phi) is 3.62. The van der Waals surface area contributed by atoms with E-state index in [1.807, 2.05) is 18.2 Å². The molecule has 1 fully saturated rings. The van der Waals surface area contributed by atoms with Crippen LogP contribution in [0.15, 0.2) is 30.3 Å². The molecule has 4 heteroatoms. The van der Waals surface area contributed by atoms with Gasteiger partial charge < -0.3 is 14.8 Å². The number of hydrogen-bond donors (Lipinski definition) is 1. The fourth-order valence-electron chi connectivity index (χ4n) is 2.40. The summed E-state index contributed by atoms with van der Waals surface area (Å²) in [6.07, 6.45) is 0.961. The first-order valence-electron chi connectivity index (χ1n) is 6.62. The average molecular weight is 258 g/mol. The SMILES string of the molecule is COc1ccc2ccc(C3CCOCCN3)nc2c1. The van der Waals surface area contributed by atoms with E-state index in [0.29, 0.717) is 0 Å². The summed E-state index contributed by atoms with van der Waals surface area (Å²) in [7, 11) is 1.68. The minimum Gasteiger partial charge on any atom is -0.497 e. The summed E-state index contributed by atoms with van der Waals surface area (Å²) in [5.74, 6) is 0.842. The molecule has 0 amide bonds. The van der Waals surface area contributed by atoms with E-state index < -0.39 is 0 Å². The average Bonchev–Trinajstić information content (AvgIpc) is 2.75. The Labute approximate surface area is 112 Å². The van der Waals surface area contributed by atoms with E-state index in [9.17, 15) is 0 Å². The zero-order valence-corrected chi connectivity index (χ0v) is 11.1. The van der Waals surface area contributed by atoms with Crippen LogP contribution in [0, 0.1) is 0 Å². The number of nitrogens with zero attached hydrogens (tertiary/aromatic N) is 1. The third-order valence-electron chi connectivity index (χ3n) is 3.47. The Morgan fingerprint density at radius 2 is 2.16 bits per heavy atom. The molecule has 0 spiro atoms. The molecule has 1 unspecified atom stereocenters. The molecule has 3 rings (SSSR count). The highest BCUT2D eigenvalue weighted by Gasteiger charge is 2.15. The summed E-state index contributed by atoms with van der Waals surface area (Å²) >= 11 is 0. The predicted octanol–water partition coefficient (Wildman–Crippen LogP) is 2.29. The topological polar surface area (TPSA) is 43.4 Å². The Bertz CT molecular complexity index is 563. The molecule has 1 aliphatic rings. The van der Waals surface area contributed by atoms with Crippen LogP contribution in [0.3, 0.4) is 0 Å². The van der Waals surface area contributed by atoms with Crippen molar-refractivity contribution >= 4 is 10.9 Å². The number of rotatable bonds is 2. The van der Waals surface area contributed by atoms with Crippen molar-refractivity contribution in [1.82, 2.24) is 10.3 Å². The first-order valence-corrected chi connectivity index (χ1v) is 6.62. The number of aromatic nitrogens is 1. The molecule has 0 radical (unpaired) electrons. The quantitative estimate of drug-likeness (QED) is 0.897.